The maximum Gasteiger partial charge on any atom is 0.416 e. The number of hydrogen-bond acceptors (Lipinski definition) is 4. The minimum Gasteiger partial charge on any atom is -0.383 e. The van der Waals surface area contributed by atoms with Gasteiger partial charge in [0.2, 0.25) is 5.91 Å². The highest BCUT2D eigenvalue weighted by molar-refractivity contribution is 5.84. The number of likely N-dealkylation sites (N-methyl/N-ethyl adjacent to an activating group) is 1. The average molecular weight is 331 g/mol. The van der Waals surface area contributed by atoms with Crippen LogP contribution in [0.15, 0.2) is 18.2 Å². The summed E-state index contributed by atoms with van der Waals surface area (Å²) >= 11 is 0. The summed E-state index contributed by atoms with van der Waals surface area (Å²) in [5, 5.41) is 2.61. The molecule has 1 unspecified atom stereocenters. The lowest BCUT2D eigenvalue weighted by Crippen LogP contribution is -2.35. The number of hydrogen-bond donors (Lipinski definition) is 1. The molecule has 0 aromatic heterocycles. The predicted octanol–water partition coefficient (Wildman–Crippen LogP) is 1.85. The Labute approximate surface area is 133 Å². The van der Waals surface area contributed by atoms with Gasteiger partial charge in [0.15, 0.2) is 0 Å². The van der Waals surface area contributed by atoms with Gasteiger partial charge in [0.1, 0.15) is 12.2 Å². The lowest BCUT2D eigenvalue weighted by atomic mass is 10.0. The number of carbonyl (C=O) groups excluding carboxylic acids is 1. The van der Waals surface area contributed by atoms with Gasteiger partial charge in [-0.25, -0.2) is 0 Å². The molecule has 0 spiro atoms. The van der Waals surface area contributed by atoms with E-state index in [1.54, 1.807) is 37.0 Å². The topological polar surface area (TPSA) is 44.8 Å². The molecule has 1 amide bonds. The molecule has 1 aliphatic rings. The number of benzene rings is 1. The molecule has 8 heteroatoms. The van der Waals surface area contributed by atoms with E-state index in [-0.39, 0.29) is 18.1 Å². The second kappa shape index (κ2) is 6.37. The third kappa shape index (κ3) is 3.42. The van der Waals surface area contributed by atoms with Crippen molar-refractivity contribution in [3.05, 3.63) is 29.3 Å². The van der Waals surface area contributed by atoms with Crippen LogP contribution in [-0.2, 0) is 15.7 Å². The maximum absolute atomic E-state index is 13.4. The molecule has 5 nitrogen and oxygen atoms in total. The molecule has 1 saturated heterocycles. The van der Waals surface area contributed by atoms with Crippen LogP contribution in [0.25, 0.3) is 0 Å². The van der Waals surface area contributed by atoms with E-state index < -0.39 is 23.9 Å². The monoisotopic (exact) mass is 331 g/mol. The Bertz CT molecular complexity index is 590. The second-order valence-corrected chi connectivity index (χ2v) is 5.71. The number of alkyl halides is 3. The van der Waals surface area contributed by atoms with E-state index in [1.165, 1.54) is 13.2 Å². The van der Waals surface area contributed by atoms with Crippen molar-refractivity contribution < 1.29 is 22.7 Å². The minimum absolute atomic E-state index is 0.0255. The smallest absolute Gasteiger partial charge is 0.383 e. The molecule has 1 aliphatic heterocycles. The highest BCUT2D eigenvalue weighted by Gasteiger charge is 2.43. The number of methoxy groups -OCH3 is 1. The number of anilines is 1. The molecule has 0 bridgehead atoms. The molecule has 1 N–H and O–H groups in total. The second-order valence-electron chi connectivity index (χ2n) is 5.71. The highest BCUT2D eigenvalue weighted by atomic mass is 19.4. The quantitative estimate of drug-likeness (QED) is 0.915. The van der Waals surface area contributed by atoms with Crippen molar-refractivity contribution in [3.8, 4) is 0 Å². The van der Waals surface area contributed by atoms with Crippen LogP contribution < -0.4 is 10.2 Å². The molecule has 0 saturated carbocycles. The van der Waals surface area contributed by atoms with E-state index in [2.05, 4.69) is 5.32 Å². The summed E-state index contributed by atoms with van der Waals surface area (Å²) in [5.74, 6) is -0.343. The molecule has 128 valence electrons. The molecule has 2 rings (SSSR count). The zero-order valence-electron chi connectivity index (χ0n) is 13.4. The van der Waals surface area contributed by atoms with Crippen molar-refractivity contribution in [2.24, 2.45) is 0 Å². The van der Waals surface area contributed by atoms with Crippen LogP contribution in [0.3, 0.4) is 0 Å². The van der Waals surface area contributed by atoms with Gasteiger partial charge in [-0.2, -0.15) is 13.2 Å². The van der Waals surface area contributed by atoms with E-state index in [9.17, 15) is 18.0 Å². The molecular weight excluding hydrogens is 311 g/mol. The fourth-order valence-corrected chi connectivity index (χ4v) is 2.65. The Morgan fingerprint density at radius 1 is 1.35 bits per heavy atom. The zero-order chi connectivity index (χ0) is 17.4. The van der Waals surface area contributed by atoms with Crippen LogP contribution in [-0.4, -0.2) is 51.7 Å². The summed E-state index contributed by atoms with van der Waals surface area (Å²) in [4.78, 5) is 15.1. The lowest BCUT2D eigenvalue weighted by molar-refractivity contribution is -0.138. The van der Waals surface area contributed by atoms with Crippen molar-refractivity contribution in [1.82, 2.24) is 10.2 Å². The van der Waals surface area contributed by atoms with E-state index in [0.29, 0.717) is 5.69 Å². The molecule has 1 aromatic carbocycles. The summed E-state index contributed by atoms with van der Waals surface area (Å²) in [5.41, 5.74) is -0.280. The SMILES string of the molecule is COC[C@H]1C(=O)NC(c2ccc(N(C)C)cc2C(F)(F)F)N1C. The molecule has 2 atom stereocenters. The van der Waals surface area contributed by atoms with Gasteiger partial charge < -0.3 is 15.0 Å². The Kier molecular flexibility index (Phi) is 4.86. The fraction of sp³-hybridized carbons (Fsp3) is 0.533. The van der Waals surface area contributed by atoms with Gasteiger partial charge in [-0.1, -0.05) is 6.07 Å². The number of ether oxygens (including phenoxy) is 1. The molecular formula is C15H20F3N3O2. The number of carbonyl (C=O) groups is 1. The Morgan fingerprint density at radius 3 is 2.52 bits per heavy atom. The third-order valence-electron chi connectivity index (χ3n) is 3.96. The van der Waals surface area contributed by atoms with Gasteiger partial charge in [0.25, 0.3) is 0 Å². The summed E-state index contributed by atoms with van der Waals surface area (Å²) in [6.45, 7) is 0.121. The number of nitrogens with zero attached hydrogens (tertiary/aromatic N) is 2. The zero-order valence-corrected chi connectivity index (χ0v) is 13.4. The molecule has 1 heterocycles. The average Bonchev–Trinajstić information content (AvgIpc) is 2.74. The lowest BCUT2D eigenvalue weighted by Gasteiger charge is -2.26. The van der Waals surface area contributed by atoms with E-state index in [0.717, 1.165) is 6.07 Å². The van der Waals surface area contributed by atoms with Gasteiger partial charge >= 0.3 is 6.18 Å². The Morgan fingerprint density at radius 2 is 2.00 bits per heavy atom. The van der Waals surface area contributed by atoms with Crippen LogP contribution in [0.4, 0.5) is 18.9 Å². The van der Waals surface area contributed by atoms with Gasteiger partial charge in [0.05, 0.1) is 12.2 Å². The number of halogens is 3. The van der Waals surface area contributed by atoms with Gasteiger partial charge in [-0.15, -0.1) is 0 Å². The first-order valence-corrected chi connectivity index (χ1v) is 7.06. The van der Waals surface area contributed by atoms with E-state index >= 15 is 0 Å². The Balaban J connectivity index is 2.45. The van der Waals surface area contributed by atoms with Gasteiger partial charge in [0, 0.05) is 32.5 Å². The summed E-state index contributed by atoms with van der Waals surface area (Å²) in [6, 6.07) is 3.50. The first kappa shape index (κ1) is 17.6. The normalized spacial score (nSPS) is 22.3. The largest absolute Gasteiger partial charge is 0.416 e. The summed E-state index contributed by atoms with van der Waals surface area (Å²) in [6.07, 6.45) is -5.35. The molecule has 0 aliphatic carbocycles. The highest BCUT2D eigenvalue weighted by Crippen LogP contribution is 2.39. The maximum atomic E-state index is 13.4. The first-order chi connectivity index (χ1) is 10.7. The van der Waals surface area contributed by atoms with Crippen LogP contribution >= 0.6 is 0 Å². The van der Waals surface area contributed by atoms with Crippen LogP contribution in [0.2, 0.25) is 0 Å². The van der Waals surface area contributed by atoms with E-state index in [1.807, 2.05) is 0 Å². The van der Waals surface area contributed by atoms with Crippen LogP contribution in [0.5, 0.6) is 0 Å². The molecule has 1 fully saturated rings. The van der Waals surface area contributed by atoms with Crippen molar-refractivity contribution in [2.75, 3.05) is 39.8 Å². The first-order valence-electron chi connectivity index (χ1n) is 7.06. The van der Waals surface area contributed by atoms with Crippen molar-refractivity contribution in [1.29, 1.82) is 0 Å². The molecule has 23 heavy (non-hydrogen) atoms. The van der Waals surface area contributed by atoms with Gasteiger partial charge in [-0.3, -0.25) is 9.69 Å². The summed E-state index contributed by atoms with van der Waals surface area (Å²) in [7, 11) is 6.40. The Hall–Kier alpha value is -1.80. The number of nitrogens with one attached hydrogen (secondary N) is 1. The molecule has 0 radical (unpaired) electrons. The summed E-state index contributed by atoms with van der Waals surface area (Å²) < 4.78 is 45.3. The van der Waals surface area contributed by atoms with Crippen molar-refractivity contribution in [3.63, 3.8) is 0 Å². The standard InChI is InChI=1S/C15H20F3N3O2/c1-20(2)9-5-6-10(11(7-9)15(16,17)18)13-19-14(22)12(8-23-4)21(13)3/h5-7,12-13H,8H2,1-4H3,(H,19,22)/t12-,13?/m0/s1. The molecule has 1 aromatic rings. The van der Waals surface area contributed by atoms with Crippen molar-refractivity contribution in [2.45, 2.75) is 18.4 Å². The van der Waals surface area contributed by atoms with Crippen LogP contribution in [0, 0.1) is 0 Å². The number of amides is 1. The minimum atomic E-state index is -4.51. The predicted molar refractivity (Wildman–Crippen MR) is 80.1 cm³/mol. The van der Waals surface area contributed by atoms with E-state index in [4.69, 9.17) is 4.74 Å². The van der Waals surface area contributed by atoms with Crippen molar-refractivity contribution >= 4 is 11.6 Å². The third-order valence-corrected chi connectivity index (χ3v) is 3.96. The number of rotatable bonds is 4. The van der Waals surface area contributed by atoms with Crippen LogP contribution in [0.1, 0.15) is 17.3 Å². The van der Waals surface area contributed by atoms with Gasteiger partial charge in [-0.05, 0) is 19.2 Å². The fourth-order valence-electron chi connectivity index (χ4n) is 2.65.